The van der Waals surface area contributed by atoms with Gasteiger partial charge in [0, 0.05) is 24.9 Å². The molecule has 1 heterocycles. The van der Waals surface area contributed by atoms with Gasteiger partial charge in [0.1, 0.15) is 0 Å². The van der Waals surface area contributed by atoms with E-state index in [0.717, 1.165) is 0 Å². The maximum absolute atomic E-state index is 10.9. The molecule has 0 aliphatic heterocycles. The largest absolute Gasteiger partial charge is 0.442 e. The van der Waals surface area contributed by atoms with Gasteiger partial charge >= 0.3 is 5.97 Å². The van der Waals surface area contributed by atoms with E-state index in [9.17, 15) is 4.79 Å². The third-order valence-electron chi connectivity index (χ3n) is 1.84. The first-order valence-corrected chi connectivity index (χ1v) is 4.16. The van der Waals surface area contributed by atoms with Crippen LogP contribution in [0.5, 0.6) is 0 Å². The lowest BCUT2D eigenvalue weighted by molar-refractivity contribution is -0.151. The Morgan fingerprint density at radius 2 is 2.43 bits per heavy atom. The highest BCUT2D eigenvalue weighted by Gasteiger charge is 2.27. The molecule has 72 valence electrons. The minimum Gasteiger partial charge on any atom is -0.442 e. The van der Waals surface area contributed by atoms with Crippen LogP contribution >= 0.6 is 0 Å². The zero-order valence-corrected chi connectivity index (χ0v) is 8.15. The molecule has 0 saturated heterocycles. The van der Waals surface area contributed by atoms with E-state index in [1.54, 1.807) is 31.5 Å². The van der Waals surface area contributed by atoms with Crippen LogP contribution in [-0.2, 0) is 15.1 Å². The number of rotatable bonds is 2. The smallest absolute Gasteiger partial charge is 0.304 e. The molecule has 0 saturated carbocycles. The Morgan fingerprint density at radius 3 is 2.86 bits per heavy atom. The van der Waals surface area contributed by atoms with Crippen LogP contribution in [0.3, 0.4) is 0 Å². The topological polar surface area (TPSA) is 39.2 Å². The third kappa shape index (κ3) is 2.11. The Balaban J connectivity index is 3.03. The minimum atomic E-state index is -1.03. The van der Waals surface area contributed by atoms with Gasteiger partial charge in [0.25, 0.3) is 0 Å². The minimum absolute atomic E-state index is 0.408. The monoisotopic (exact) mass is 189 g/mol. The van der Waals surface area contributed by atoms with E-state index < -0.39 is 11.6 Å². The van der Waals surface area contributed by atoms with E-state index >= 15 is 0 Å². The van der Waals surface area contributed by atoms with Gasteiger partial charge in [0.15, 0.2) is 5.60 Å². The van der Waals surface area contributed by atoms with Crippen molar-refractivity contribution in [3.63, 3.8) is 0 Å². The third-order valence-corrected chi connectivity index (χ3v) is 1.84. The standard InChI is InChI=1S/C11H11NO2/c1-4-11(3,14-9(2)13)10-6-5-7-12-8-10/h1,5-8H,2-3H3/t11-/m1/s1. The van der Waals surface area contributed by atoms with Crippen molar-refractivity contribution in [1.82, 2.24) is 4.98 Å². The molecule has 0 aromatic carbocycles. The Bertz CT molecular complexity index is 367. The molecule has 0 spiro atoms. The zero-order valence-electron chi connectivity index (χ0n) is 8.15. The Kier molecular flexibility index (Phi) is 2.88. The second-order valence-electron chi connectivity index (χ2n) is 3.01. The van der Waals surface area contributed by atoms with Gasteiger partial charge in [-0.2, -0.15) is 0 Å². The second-order valence-corrected chi connectivity index (χ2v) is 3.01. The van der Waals surface area contributed by atoms with Crippen molar-refractivity contribution in [3.8, 4) is 12.3 Å². The molecule has 1 atom stereocenters. The molecule has 0 N–H and O–H groups in total. The molecule has 0 radical (unpaired) electrons. The molecule has 3 heteroatoms. The van der Waals surface area contributed by atoms with Crippen LogP contribution < -0.4 is 0 Å². The predicted molar refractivity (Wildman–Crippen MR) is 52.2 cm³/mol. The first-order valence-electron chi connectivity index (χ1n) is 4.16. The number of hydrogen-bond acceptors (Lipinski definition) is 3. The van der Waals surface area contributed by atoms with Gasteiger partial charge in [-0.25, -0.2) is 0 Å². The summed E-state index contributed by atoms with van der Waals surface area (Å²) in [6.45, 7) is 2.98. The van der Waals surface area contributed by atoms with E-state index in [4.69, 9.17) is 11.2 Å². The van der Waals surface area contributed by atoms with Crippen LogP contribution in [0.4, 0.5) is 0 Å². The molecule has 0 bridgehead atoms. The molecule has 0 aliphatic rings. The van der Waals surface area contributed by atoms with Gasteiger partial charge in [0.05, 0.1) is 0 Å². The van der Waals surface area contributed by atoms with Crippen molar-refractivity contribution < 1.29 is 9.53 Å². The fraction of sp³-hybridized carbons (Fsp3) is 0.273. The number of hydrogen-bond donors (Lipinski definition) is 0. The molecule has 0 unspecified atom stereocenters. The SMILES string of the molecule is C#C[C@@](C)(OC(C)=O)c1cccnc1. The number of terminal acetylenes is 1. The summed E-state index contributed by atoms with van der Waals surface area (Å²) >= 11 is 0. The van der Waals surface area contributed by atoms with Crippen molar-refractivity contribution in [2.45, 2.75) is 19.4 Å². The average molecular weight is 189 g/mol. The van der Waals surface area contributed by atoms with E-state index in [0.29, 0.717) is 5.56 Å². The van der Waals surface area contributed by atoms with Gasteiger partial charge in [-0.1, -0.05) is 12.0 Å². The number of ether oxygens (including phenoxy) is 1. The first-order chi connectivity index (χ1) is 6.58. The molecular weight excluding hydrogens is 178 g/mol. The van der Waals surface area contributed by atoms with Gasteiger partial charge in [0.2, 0.25) is 0 Å². The van der Waals surface area contributed by atoms with Crippen LogP contribution in [0.2, 0.25) is 0 Å². The Hall–Kier alpha value is -1.82. The summed E-state index contributed by atoms with van der Waals surface area (Å²) in [5.74, 6) is 2.03. The fourth-order valence-corrected chi connectivity index (χ4v) is 1.10. The van der Waals surface area contributed by atoms with Gasteiger partial charge in [-0.3, -0.25) is 9.78 Å². The highest BCUT2D eigenvalue weighted by molar-refractivity contribution is 5.67. The maximum atomic E-state index is 10.9. The molecule has 14 heavy (non-hydrogen) atoms. The molecule has 0 fully saturated rings. The van der Waals surface area contributed by atoms with Crippen LogP contribution in [-0.4, -0.2) is 11.0 Å². The van der Waals surface area contributed by atoms with Crippen molar-refractivity contribution in [2.75, 3.05) is 0 Å². The first kappa shape index (κ1) is 10.3. The number of nitrogens with zero attached hydrogens (tertiary/aromatic N) is 1. The molecule has 3 nitrogen and oxygen atoms in total. The van der Waals surface area contributed by atoms with Gasteiger partial charge < -0.3 is 4.74 Å². The van der Waals surface area contributed by atoms with Crippen molar-refractivity contribution >= 4 is 5.97 Å². The average Bonchev–Trinajstić information content (AvgIpc) is 2.18. The van der Waals surface area contributed by atoms with Crippen LogP contribution in [0, 0.1) is 12.3 Å². The van der Waals surface area contributed by atoms with Gasteiger partial charge in [-0.05, 0) is 13.0 Å². The van der Waals surface area contributed by atoms with E-state index in [-0.39, 0.29) is 0 Å². The molecule has 1 rings (SSSR count). The number of carbonyl (C=O) groups excluding carboxylic acids is 1. The summed E-state index contributed by atoms with van der Waals surface area (Å²) in [4.78, 5) is 14.8. The molecule has 0 aliphatic carbocycles. The van der Waals surface area contributed by atoms with Crippen LogP contribution in [0.1, 0.15) is 19.4 Å². The van der Waals surface area contributed by atoms with Crippen molar-refractivity contribution in [2.24, 2.45) is 0 Å². The van der Waals surface area contributed by atoms with Crippen molar-refractivity contribution in [3.05, 3.63) is 30.1 Å². The van der Waals surface area contributed by atoms with E-state index in [1.807, 2.05) is 0 Å². The van der Waals surface area contributed by atoms with E-state index in [1.165, 1.54) is 6.92 Å². The lowest BCUT2D eigenvalue weighted by Crippen LogP contribution is -2.26. The number of aromatic nitrogens is 1. The summed E-state index contributed by atoms with van der Waals surface area (Å²) in [5, 5.41) is 0. The summed E-state index contributed by atoms with van der Waals surface area (Å²) < 4.78 is 5.06. The quantitative estimate of drug-likeness (QED) is 0.522. The summed E-state index contributed by atoms with van der Waals surface area (Å²) in [6.07, 6.45) is 8.55. The molecule has 1 aromatic rings. The van der Waals surface area contributed by atoms with Crippen LogP contribution in [0.25, 0.3) is 0 Å². The molecule has 1 aromatic heterocycles. The van der Waals surface area contributed by atoms with E-state index in [2.05, 4.69) is 10.9 Å². The fourth-order valence-electron chi connectivity index (χ4n) is 1.10. The molecular formula is C11H11NO2. The van der Waals surface area contributed by atoms with Crippen LogP contribution in [0.15, 0.2) is 24.5 Å². The number of carbonyl (C=O) groups is 1. The highest BCUT2D eigenvalue weighted by Crippen LogP contribution is 2.23. The lowest BCUT2D eigenvalue weighted by Gasteiger charge is -2.22. The molecule has 0 amide bonds. The summed E-state index contributed by atoms with van der Waals surface area (Å²) in [7, 11) is 0. The van der Waals surface area contributed by atoms with Crippen molar-refractivity contribution in [1.29, 1.82) is 0 Å². The number of pyridine rings is 1. The normalized spacial score (nSPS) is 13.8. The number of esters is 1. The lowest BCUT2D eigenvalue weighted by atomic mass is 9.99. The highest BCUT2D eigenvalue weighted by atomic mass is 16.6. The van der Waals surface area contributed by atoms with Gasteiger partial charge in [-0.15, -0.1) is 6.42 Å². The summed E-state index contributed by atoms with van der Waals surface area (Å²) in [5.41, 5.74) is -0.335. The predicted octanol–water partition coefficient (Wildman–Crippen LogP) is 1.49. The second kappa shape index (κ2) is 3.93. The maximum Gasteiger partial charge on any atom is 0.304 e. The Labute approximate surface area is 83.1 Å². The zero-order chi connectivity index (χ0) is 10.6. The Morgan fingerprint density at radius 1 is 1.71 bits per heavy atom. The summed E-state index contributed by atoms with van der Waals surface area (Å²) in [6, 6.07) is 3.52.